The van der Waals surface area contributed by atoms with Crippen molar-refractivity contribution in [1.82, 2.24) is 14.9 Å². The molecule has 0 atom stereocenters. The van der Waals surface area contributed by atoms with Crippen LogP contribution in [-0.4, -0.2) is 40.4 Å². The number of carbonyl (C=O) groups is 1. The molecule has 2 aromatic rings. The van der Waals surface area contributed by atoms with E-state index in [-0.39, 0.29) is 10.8 Å². The van der Waals surface area contributed by atoms with Crippen LogP contribution in [-0.2, 0) is 23.1 Å². The molecule has 0 bridgehead atoms. The maximum Gasteiger partial charge on any atom is 0.251 e. The number of sulfonamides is 1. The van der Waals surface area contributed by atoms with Crippen molar-refractivity contribution < 1.29 is 13.2 Å². The standard InChI is InChI=1S/C20H27N3O3S/c1-14-10-18(11-19(15(14)2)27(25,26)21-3)20(24)22-12-16-6-8-17(9-7-16)13-23(4)5/h6-11,21H,12-13H2,1-5H3,(H,22,24). The van der Waals surface area contributed by atoms with Crippen molar-refractivity contribution in [2.75, 3.05) is 21.1 Å². The van der Waals surface area contributed by atoms with E-state index in [0.29, 0.717) is 17.7 Å². The smallest absolute Gasteiger partial charge is 0.251 e. The lowest BCUT2D eigenvalue weighted by Gasteiger charge is -2.13. The Morgan fingerprint density at radius 3 is 2.19 bits per heavy atom. The van der Waals surface area contributed by atoms with E-state index in [9.17, 15) is 13.2 Å². The van der Waals surface area contributed by atoms with E-state index >= 15 is 0 Å². The average Bonchev–Trinajstić information content (AvgIpc) is 2.62. The van der Waals surface area contributed by atoms with Gasteiger partial charge in [-0.1, -0.05) is 24.3 Å². The predicted molar refractivity (Wildman–Crippen MR) is 107 cm³/mol. The number of amides is 1. The lowest BCUT2D eigenvalue weighted by molar-refractivity contribution is 0.0950. The molecule has 7 heteroatoms. The highest BCUT2D eigenvalue weighted by Gasteiger charge is 2.19. The Morgan fingerprint density at radius 2 is 1.63 bits per heavy atom. The number of rotatable bonds is 7. The Kier molecular flexibility index (Phi) is 6.75. The highest BCUT2D eigenvalue weighted by atomic mass is 32.2. The summed E-state index contributed by atoms with van der Waals surface area (Å²) in [5.41, 5.74) is 3.90. The van der Waals surface area contributed by atoms with Crippen molar-refractivity contribution in [2.45, 2.75) is 31.8 Å². The summed E-state index contributed by atoms with van der Waals surface area (Å²) < 4.78 is 26.7. The second kappa shape index (κ2) is 8.65. The molecule has 0 aliphatic rings. The first-order valence-corrected chi connectivity index (χ1v) is 10.2. The Balaban J connectivity index is 2.14. The van der Waals surface area contributed by atoms with Crippen molar-refractivity contribution in [3.05, 3.63) is 64.2 Å². The van der Waals surface area contributed by atoms with Crippen LogP contribution in [0.5, 0.6) is 0 Å². The van der Waals surface area contributed by atoms with E-state index in [0.717, 1.165) is 17.7 Å². The fourth-order valence-corrected chi connectivity index (χ4v) is 3.83. The molecule has 6 nitrogen and oxygen atoms in total. The van der Waals surface area contributed by atoms with Gasteiger partial charge in [0.05, 0.1) is 4.90 Å². The Labute approximate surface area is 161 Å². The van der Waals surface area contributed by atoms with Crippen LogP contribution < -0.4 is 10.0 Å². The first-order valence-electron chi connectivity index (χ1n) is 8.69. The number of carbonyl (C=O) groups excluding carboxylic acids is 1. The van der Waals surface area contributed by atoms with Crippen LogP contribution in [0.3, 0.4) is 0 Å². The highest BCUT2D eigenvalue weighted by Crippen LogP contribution is 2.21. The SMILES string of the molecule is CNS(=O)(=O)c1cc(C(=O)NCc2ccc(CN(C)C)cc2)cc(C)c1C. The number of hydrogen-bond donors (Lipinski definition) is 2. The summed E-state index contributed by atoms with van der Waals surface area (Å²) in [5.74, 6) is -0.303. The summed E-state index contributed by atoms with van der Waals surface area (Å²) in [6, 6.07) is 11.2. The van der Waals surface area contributed by atoms with Crippen LogP contribution in [0.25, 0.3) is 0 Å². The van der Waals surface area contributed by atoms with Gasteiger partial charge in [-0.05, 0) is 69.4 Å². The van der Waals surface area contributed by atoms with E-state index in [4.69, 9.17) is 0 Å². The molecule has 0 aromatic heterocycles. The maximum absolute atomic E-state index is 12.5. The van der Waals surface area contributed by atoms with Crippen molar-refractivity contribution in [1.29, 1.82) is 0 Å². The minimum Gasteiger partial charge on any atom is -0.348 e. The van der Waals surface area contributed by atoms with E-state index in [2.05, 4.69) is 14.9 Å². The van der Waals surface area contributed by atoms with Gasteiger partial charge in [0.25, 0.3) is 5.91 Å². The molecule has 0 aliphatic heterocycles. The van der Waals surface area contributed by atoms with Gasteiger partial charge in [-0.25, -0.2) is 13.1 Å². The zero-order valence-corrected chi connectivity index (χ0v) is 17.3. The summed E-state index contributed by atoms with van der Waals surface area (Å²) in [5, 5.41) is 2.85. The second-order valence-electron chi connectivity index (χ2n) is 6.86. The van der Waals surface area contributed by atoms with Crippen molar-refractivity contribution in [2.24, 2.45) is 0 Å². The number of benzene rings is 2. The van der Waals surface area contributed by atoms with Crippen LogP contribution in [0.4, 0.5) is 0 Å². The van der Waals surface area contributed by atoms with Crippen molar-refractivity contribution in [3.8, 4) is 0 Å². The molecule has 2 rings (SSSR count). The normalized spacial score (nSPS) is 11.6. The fourth-order valence-electron chi connectivity index (χ4n) is 2.76. The number of hydrogen-bond acceptors (Lipinski definition) is 4. The van der Waals surface area contributed by atoms with Crippen LogP contribution in [0.1, 0.15) is 32.6 Å². The summed E-state index contributed by atoms with van der Waals surface area (Å²) in [4.78, 5) is 14.7. The molecule has 0 saturated heterocycles. The number of nitrogens with zero attached hydrogens (tertiary/aromatic N) is 1. The Hall–Kier alpha value is -2.22. The van der Waals surface area contributed by atoms with Crippen LogP contribution in [0, 0.1) is 13.8 Å². The molecule has 0 radical (unpaired) electrons. The van der Waals surface area contributed by atoms with E-state index < -0.39 is 10.0 Å². The molecular formula is C20H27N3O3S. The second-order valence-corrected chi connectivity index (χ2v) is 8.72. The molecule has 0 aliphatic carbocycles. The third-order valence-electron chi connectivity index (χ3n) is 4.41. The van der Waals surface area contributed by atoms with Crippen LogP contribution >= 0.6 is 0 Å². The van der Waals surface area contributed by atoms with Crippen LogP contribution in [0.2, 0.25) is 0 Å². The fraction of sp³-hybridized carbons (Fsp3) is 0.350. The molecule has 27 heavy (non-hydrogen) atoms. The van der Waals surface area contributed by atoms with Gasteiger partial charge in [0.15, 0.2) is 0 Å². The molecular weight excluding hydrogens is 362 g/mol. The number of nitrogens with one attached hydrogen (secondary N) is 2. The van der Waals surface area contributed by atoms with E-state index in [1.165, 1.54) is 18.7 Å². The van der Waals surface area contributed by atoms with Gasteiger partial charge in [-0.2, -0.15) is 0 Å². The molecule has 146 valence electrons. The average molecular weight is 390 g/mol. The van der Waals surface area contributed by atoms with Gasteiger partial charge in [0.1, 0.15) is 0 Å². The zero-order valence-electron chi connectivity index (χ0n) is 16.5. The molecule has 2 aromatic carbocycles. The van der Waals surface area contributed by atoms with Gasteiger partial charge in [-0.3, -0.25) is 4.79 Å². The Morgan fingerprint density at radius 1 is 1.04 bits per heavy atom. The minimum absolute atomic E-state index is 0.128. The monoisotopic (exact) mass is 389 g/mol. The molecule has 1 amide bonds. The van der Waals surface area contributed by atoms with Gasteiger partial charge in [0.2, 0.25) is 10.0 Å². The maximum atomic E-state index is 12.5. The first kappa shape index (κ1) is 21.1. The predicted octanol–water partition coefficient (Wildman–Crippen LogP) is 2.20. The van der Waals surface area contributed by atoms with Gasteiger partial charge < -0.3 is 10.2 Å². The summed E-state index contributed by atoms with van der Waals surface area (Å²) >= 11 is 0. The lowest BCUT2D eigenvalue weighted by Crippen LogP contribution is -2.25. The van der Waals surface area contributed by atoms with E-state index in [1.54, 1.807) is 19.9 Å². The molecule has 0 saturated carbocycles. The van der Waals surface area contributed by atoms with Crippen molar-refractivity contribution >= 4 is 15.9 Å². The largest absolute Gasteiger partial charge is 0.348 e. The number of aryl methyl sites for hydroxylation is 1. The molecule has 2 N–H and O–H groups in total. The summed E-state index contributed by atoms with van der Waals surface area (Å²) in [6.45, 7) is 4.76. The van der Waals surface area contributed by atoms with Gasteiger partial charge in [-0.15, -0.1) is 0 Å². The highest BCUT2D eigenvalue weighted by molar-refractivity contribution is 7.89. The van der Waals surface area contributed by atoms with Gasteiger partial charge >= 0.3 is 0 Å². The topological polar surface area (TPSA) is 78.5 Å². The molecule has 0 fully saturated rings. The molecule has 0 heterocycles. The Bertz CT molecular complexity index is 920. The van der Waals surface area contributed by atoms with Crippen LogP contribution in [0.15, 0.2) is 41.3 Å². The minimum atomic E-state index is -3.62. The third kappa shape index (κ3) is 5.38. The molecule has 0 spiro atoms. The third-order valence-corrected chi connectivity index (χ3v) is 5.96. The van der Waals surface area contributed by atoms with E-state index in [1.807, 2.05) is 38.4 Å². The van der Waals surface area contributed by atoms with Crippen molar-refractivity contribution in [3.63, 3.8) is 0 Å². The molecule has 0 unspecified atom stereocenters. The first-order chi connectivity index (χ1) is 12.6. The zero-order chi connectivity index (χ0) is 20.2. The summed E-state index contributed by atoms with van der Waals surface area (Å²) in [7, 11) is 1.76. The van der Waals surface area contributed by atoms with Gasteiger partial charge in [0, 0.05) is 18.7 Å². The quantitative estimate of drug-likeness (QED) is 0.761. The summed E-state index contributed by atoms with van der Waals surface area (Å²) in [6.07, 6.45) is 0. The lowest BCUT2D eigenvalue weighted by atomic mass is 10.1.